The number of benzene rings is 2. The summed E-state index contributed by atoms with van der Waals surface area (Å²) in [6, 6.07) is 18.2. The molecule has 0 spiro atoms. The highest BCUT2D eigenvalue weighted by Crippen LogP contribution is 2.38. The zero-order chi connectivity index (χ0) is 27.8. The number of ketones is 1. The van der Waals surface area contributed by atoms with E-state index in [9.17, 15) is 19.2 Å². The second-order valence-corrected chi connectivity index (χ2v) is 9.60. The van der Waals surface area contributed by atoms with Gasteiger partial charge in [0, 0.05) is 44.0 Å². The van der Waals surface area contributed by atoms with Gasteiger partial charge in [-0.15, -0.1) is 0 Å². The largest absolute Gasteiger partial charge is 0.489 e. The van der Waals surface area contributed by atoms with Gasteiger partial charge in [-0.05, 0) is 23.8 Å². The molecule has 11 heteroatoms. The molecule has 10 nitrogen and oxygen atoms in total. The number of Topliss-reactive ketones (excluding diaryl/α,β-unsaturated/α-hetero) is 1. The summed E-state index contributed by atoms with van der Waals surface area (Å²) < 4.78 is 20.7. The van der Waals surface area contributed by atoms with E-state index in [-0.39, 0.29) is 17.4 Å². The lowest BCUT2D eigenvalue weighted by Gasteiger charge is -2.45. The average molecular weight is 538 g/mol. The van der Waals surface area contributed by atoms with Crippen molar-refractivity contribution in [2.24, 2.45) is 7.05 Å². The number of carbonyl (C=O) groups excluding carboxylic acids is 2. The Bertz CT molecular complexity index is 1650. The first-order valence-electron chi connectivity index (χ1n) is 12.7. The van der Waals surface area contributed by atoms with Crippen molar-refractivity contribution < 1.29 is 18.7 Å². The fourth-order valence-corrected chi connectivity index (χ4v) is 5.21. The molecule has 1 N–H and O–H groups in total. The first-order chi connectivity index (χ1) is 19.4. The molecule has 2 aromatic heterocycles. The smallest absolute Gasteiger partial charge is 0.298 e. The highest BCUT2D eigenvalue weighted by Gasteiger charge is 2.34. The second-order valence-electron chi connectivity index (χ2n) is 9.60. The number of amides is 1. The third kappa shape index (κ3) is 4.49. The van der Waals surface area contributed by atoms with Crippen LogP contribution in [0.5, 0.6) is 5.75 Å². The highest BCUT2D eigenvalue weighted by molar-refractivity contribution is 6.47. The minimum absolute atomic E-state index is 0.0417. The Morgan fingerprint density at radius 3 is 2.62 bits per heavy atom. The monoisotopic (exact) mass is 537 g/mol. The molecule has 0 saturated carbocycles. The van der Waals surface area contributed by atoms with Crippen LogP contribution in [0, 0.1) is 17.1 Å². The summed E-state index contributed by atoms with van der Waals surface area (Å²) in [4.78, 5) is 38.8. The van der Waals surface area contributed by atoms with Crippen molar-refractivity contribution in [3.05, 3.63) is 84.2 Å². The van der Waals surface area contributed by atoms with Crippen LogP contribution < -0.4 is 19.9 Å². The van der Waals surface area contributed by atoms with Crippen molar-refractivity contribution in [2.75, 3.05) is 41.4 Å². The molecule has 2 aliphatic rings. The molecule has 40 heavy (non-hydrogen) atoms. The molecular weight excluding hydrogens is 513 g/mol. The van der Waals surface area contributed by atoms with E-state index >= 15 is 0 Å². The number of nitriles is 1. The maximum Gasteiger partial charge on any atom is 0.298 e. The molecule has 4 heterocycles. The maximum atomic E-state index is 13.3. The second kappa shape index (κ2) is 10.1. The zero-order valence-electron chi connectivity index (χ0n) is 21.5. The Balaban J connectivity index is 1.19. The summed E-state index contributed by atoms with van der Waals surface area (Å²) in [7, 11) is 1.59. The van der Waals surface area contributed by atoms with Gasteiger partial charge in [0.1, 0.15) is 29.8 Å². The van der Waals surface area contributed by atoms with Gasteiger partial charge in [-0.3, -0.25) is 9.59 Å². The number of carbonyl (C=O) groups is 2. The number of ether oxygens (including phenoxy) is 1. The fraction of sp³-hybridized carbons (Fsp3) is 0.207. The summed E-state index contributed by atoms with van der Waals surface area (Å²) in [5.41, 5.74) is 2.97. The number of hydrogen-bond donors (Lipinski definition) is 1. The first-order valence-corrected chi connectivity index (χ1v) is 12.7. The molecule has 0 aliphatic carbocycles. The zero-order valence-corrected chi connectivity index (χ0v) is 21.5. The van der Waals surface area contributed by atoms with E-state index in [1.807, 2.05) is 41.3 Å². The number of halogens is 1. The Morgan fingerprint density at radius 2 is 1.88 bits per heavy atom. The van der Waals surface area contributed by atoms with Gasteiger partial charge in [0.2, 0.25) is 5.95 Å². The highest BCUT2D eigenvalue weighted by atomic mass is 19.1. The molecular formula is C29H24FN7O3. The third-order valence-corrected chi connectivity index (χ3v) is 7.18. The van der Waals surface area contributed by atoms with Gasteiger partial charge in [0.15, 0.2) is 5.82 Å². The summed E-state index contributed by atoms with van der Waals surface area (Å²) in [6.07, 6.45) is 2.31. The molecule has 200 valence electrons. The Hall–Kier alpha value is -5.24. The van der Waals surface area contributed by atoms with E-state index in [0.717, 1.165) is 23.6 Å². The fourth-order valence-electron chi connectivity index (χ4n) is 5.21. The van der Waals surface area contributed by atoms with E-state index in [2.05, 4.69) is 26.3 Å². The van der Waals surface area contributed by atoms with Crippen molar-refractivity contribution >= 4 is 29.0 Å². The number of rotatable bonds is 5. The molecule has 1 fully saturated rings. The molecule has 2 aliphatic heterocycles. The normalized spacial score (nSPS) is 15.9. The van der Waals surface area contributed by atoms with Crippen LogP contribution in [0.4, 0.5) is 21.7 Å². The van der Waals surface area contributed by atoms with Crippen LogP contribution in [0.3, 0.4) is 0 Å². The van der Waals surface area contributed by atoms with Crippen LogP contribution in [0.15, 0.2) is 67.0 Å². The van der Waals surface area contributed by atoms with E-state index in [1.54, 1.807) is 25.2 Å². The molecule has 0 radical (unpaired) electrons. The molecule has 2 aromatic carbocycles. The lowest BCUT2D eigenvalue weighted by atomic mass is 10.0. The van der Waals surface area contributed by atoms with E-state index in [4.69, 9.17) is 4.74 Å². The number of fused-ring (bicyclic) bond motifs is 3. The number of nitrogens with one attached hydrogen (secondary N) is 1. The van der Waals surface area contributed by atoms with Gasteiger partial charge < -0.3 is 24.4 Å². The molecule has 1 atom stereocenters. The number of piperazine rings is 1. The number of nitrogens with zero attached hydrogens (tertiary/aromatic N) is 6. The van der Waals surface area contributed by atoms with Crippen molar-refractivity contribution in [2.45, 2.75) is 6.04 Å². The van der Waals surface area contributed by atoms with Crippen LogP contribution in [-0.4, -0.2) is 58.5 Å². The lowest BCUT2D eigenvalue weighted by molar-refractivity contribution is -0.112. The minimum atomic E-state index is -0.815. The summed E-state index contributed by atoms with van der Waals surface area (Å²) in [5, 5.41) is 12.2. The van der Waals surface area contributed by atoms with Crippen LogP contribution in [0.1, 0.15) is 16.2 Å². The number of aromatic nitrogens is 3. The van der Waals surface area contributed by atoms with Crippen molar-refractivity contribution in [1.29, 1.82) is 5.26 Å². The first kappa shape index (κ1) is 25.1. The third-order valence-electron chi connectivity index (χ3n) is 7.18. The van der Waals surface area contributed by atoms with E-state index in [1.165, 1.54) is 4.57 Å². The Morgan fingerprint density at radius 1 is 1.10 bits per heavy atom. The predicted molar refractivity (Wildman–Crippen MR) is 146 cm³/mol. The van der Waals surface area contributed by atoms with Gasteiger partial charge in [-0.25, -0.2) is 14.4 Å². The van der Waals surface area contributed by atoms with Crippen LogP contribution in [0.2, 0.25) is 0 Å². The maximum absolute atomic E-state index is 13.3. The molecule has 1 saturated heterocycles. The van der Waals surface area contributed by atoms with E-state index in [0.29, 0.717) is 49.2 Å². The van der Waals surface area contributed by atoms with Gasteiger partial charge >= 0.3 is 0 Å². The summed E-state index contributed by atoms with van der Waals surface area (Å²) in [6.45, 7) is 2.35. The van der Waals surface area contributed by atoms with Gasteiger partial charge in [-0.2, -0.15) is 5.26 Å². The number of anilines is 3. The SMILES string of the molecule is Cn1c(C#N)cc(-c2ccccc2)c1C(=O)C(=O)Nc1ccc2c(c1)OC[C@H]1CN(c3ncc(F)cn3)CCN21. The topological polar surface area (TPSA) is 116 Å². The van der Waals surface area contributed by atoms with Crippen molar-refractivity contribution in [1.82, 2.24) is 14.5 Å². The number of hydrogen-bond acceptors (Lipinski definition) is 8. The standard InChI is InChI=1S/C29H24FN7O3/c1-35-21(13-31)12-23(18-5-3-2-4-6-18)26(35)27(38)28(39)34-20-7-8-24-25(11-20)40-17-22-16-36(9-10-37(22)24)29-32-14-19(30)15-33-29/h2-8,11-12,14-15,22H,9-10,16-17H2,1H3,(H,34,39)/t22-/m1/s1. The van der Waals surface area contributed by atoms with Crippen molar-refractivity contribution in [3.8, 4) is 22.9 Å². The molecule has 4 aromatic rings. The van der Waals surface area contributed by atoms with E-state index < -0.39 is 17.5 Å². The molecule has 6 rings (SSSR count). The van der Waals surface area contributed by atoms with Crippen molar-refractivity contribution in [3.63, 3.8) is 0 Å². The van der Waals surface area contributed by atoms with Gasteiger partial charge in [0.05, 0.1) is 24.1 Å². The van der Waals surface area contributed by atoms with Gasteiger partial charge in [0.25, 0.3) is 11.7 Å². The Labute approximate surface area is 229 Å². The molecule has 0 unspecified atom stereocenters. The van der Waals surface area contributed by atoms with Crippen LogP contribution in [0.25, 0.3) is 11.1 Å². The van der Waals surface area contributed by atoms with Crippen LogP contribution in [-0.2, 0) is 11.8 Å². The minimum Gasteiger partial charge on any atom is -0.489 e. The summed E-state index contributed by atoms with van der Waals surface area (Å²) in [5.74, 6) is -0.965. The molecule has 1 amide bonds. The van der Waals surface area contributed by atoms with Gasteiger partial charge in [-0.1, -0.05) is 30.3 Å². The summed E-state index contributed by atoms with van der Waals surface area (Å²) >= 11 is 0. The quantitative estimate of drug-likeness (QED) is 0.304. The lowest BCUT2D eigenvalue weighted by Crippen LogP contribution is -2.57. The Kier molecular flexibility index (Phi) is 6.36. The average Bonchev–Trinajstić information content (AvgIpc) is 3.33. The van der Waals surface area contributed by atoms with Crippen LogP contribution >= 0.6 is 0 Å². The molecule has 0 bridgehead atoms. The predicted octanol–water partition coefficient (Wildman–Crippen LogP) is 3.40.